The van der Waals surface area contributed by atoms with E-state index in [9.17, 15) is 18.7 Å². The molecule has 0 saturated carbocycles. The number of benzene rings is 1. The summed E-state index contributed by atoms with van der Waals surface area (Å²) in [6.07, 6.45) is -1.65. The molecule has 2 aliphatic rings. The zero-order valence-corrected chi connectivity index (χ0v) is 22.3. The van der Waals surface area contributed by atoms with Crippen LogP contribution in [-0.2, 0) is 24.4 Å². The lowest BCUT2D eigenvalue weighted by molar-refractivity contribution is -0.103. The number of carboxylic acid groups (broad SMARTS) is 1. The van der Waals surface area contributed by atoms with Gasteiger partial charge in [0.15, 0.2) is 5.82 Å². The van der Waals surface area contributed by atoms with Crippen LogP contribution in [0.4, 0.5) is 13.6 Å². The second-order valence-electron chi connectivity index (χ2n) is 11.1. The highest BCUT2D eigenvalue weighted by atomic mass is 19.1. The number of imidazole rings is 1. The van der Waals surface area contributed by atoms with Gasteiger partial charge in [0.2, 0.25) is 0 Å². The highest BCUT2D eigenvalue weighted by Crippen LogP contribution is 2.40. The summed E-state index contributed by atoms with van der Waals surface area (Å²) in [6, 6.07) is 4.34. The predicted octanol–water partition coefficient (Wildman–Crippen LogP) is 4.87. The fourth-order valence-corrected chi connectivity index (χ4v) is 5.85. The summed E-state index contributed by atoms with van der Waals surface area (Å²) < 4.78 is 37.3. The fourth-order valence-electron chi connectivity index (χ4n) is 5.85. The Kier molecular flexibility index (Phi) is 6.77. The summed E-state index contributed by atoms with van der Waals surface area (Å²) in [5, 5.41) is 17.5. The van der Waals surface area contributed by atoms with Gasteiger partial charge in [-0.1, -0.05) is 0 Å². The molecule has 1 saturated heterocycles. The van der Waals surface area contributed by atoms with Gasteiger partial charge in [0.05, 0.1) is 24.0 Å². The van der Waals surface area contributed by atoms with Crippen LogP contribution in [0.5, 0.6) is 0 Å². The first-order chi connectivity index (χ1) is 18.0. The molecule has 2 aliphatic heterocycles. The lowest BCUT2D eigenvalue weighted by atomic mass is 9.88. The first kappa shape index (κ1) is 26.3. The molecular formula is C27H34F2N6O3. The molecule has 0 bridgehead atoms. The van der Waals surface area contributed by atoms with Crippen molar-refractivity contribution in [1.29, 1.82) is 0 Å². The molecule has 4 heterocycles. The molecule has 3 atom stereocenters. The molecule has 0 unspecified atom stereocenters. The predicted molar refractivity (Wildman–Crippen MR) is 136 cm³/mol. The highest BCUT2D eigenvalue weighted by molar-refractivity contribution is 5.66. The number of aromatic amines is 1. The van der Waals surface area contributed by atoms with Crippen LogP contribution in [0.15, 0.2) is 24.3 Å². The van der Waals surface area contributed by atoms with E-state index in [1.807, 2.05) is 13.0 Å². The van der Waals surface area contributed by atoms with E-state index in [0.29, 0.717) is 19.5 Å². The van der Waals surface area contributed by atoms with E-state index in [1.165, 1.54) is 4.90 Å². The number of H-pyrrole nitrogens is 1. The third kappa shape index (κ3) is 4.69. The van der Waals surface area contributed by atoms with Gasteiger partial charge in [-0.15, -0.1) is 0 Å². The van der Waals surface area contributed by atoms with Crippen LogP contribution in [0.3, 0.4) is 0 Å². The number of nitrogens with one attached hydrogen (secondary N) is 1. The molecule has 1 amide bonds. The quantitative estimate of drug-likeness (QED) is 0.490. The van der Waals surface area contributed by atoms with Crippen LogP contribution in [0.1, 0.15) is 62.9 Å². The van der Waals surface area contributed by atoms with Gasteiger partial charge in [-0.2, -0.15) is 5.10 Å². The first-order valence-corrected chi connectivity index (χ1v) is 12.9. The minimum Gasteiger partial charge on any atom is -0.465 e. The standard InChI is InChI=1S/C27H34F2N6O3/c1-6-34-23-13-33(12-21(23)30-25(34)20-9-15(2)31-32-20)17-11-22(35(26(36)37)27(3,4)5)24(38-14-17)18-10-16(28)7-8-19(18)29/h7-10,17,22,24H,6,11-14H2,1-5H3,(H,31,32)(H,36,37)/t17-,22+,24-/m1/s1. The number of nitrogens with zero attached hydrogens (tertiary/aromatic N) is 5. The number of aromatic nitrogens is 4. The molecule has 9 nitrogen and oxygen atoms in total. The van der Waals surface area contributed by atoms with Gasteiger partial charge in [0, 0.05) is 42.5 Å². The topological polar surface area (TPSA) is 99.5 Å². The Bertz CT molecular complexity index is 1350. The van der Waals surface area contributed by atoms with Crippen molar-refractivity contribution in [2.45, 2.75) is 84.4 Å². The molecule has 1 aromatic carbocycles. The van der Waals surface area contributed by atoms with Crippen molar-refractivity contribution in [2.24, 2.45) is 0 Å². The lowest BCUT2D eigenvalue weighted by Crippen LogP contribution is -2.58. The SMILES string of the molecule is CCn1c(-c2cc(C)[nH]n2)nc2c1CN([C@H]1CO[C@H](c3cc(F)ccc3F)[C@@H](N(C(=O)O)C(C)(C)C)C1)C2. The van der Waals surface area contributed by atoms with Gasteiger partial charge in [-0.3, -0.25) is 14.9 Å². The summed E-state index contributed by atoms with van der Waals surface area (Å²) in [7, 11) is 0. The number of ether oxygens (including phenoxy) is 1. The van der Waals surface area contributed by atoms with Crippen LogP contribution in [0, 0.1) is 18.6 Å². The number of halogens is 2. The number of carbonyl (C=O) groups is 1. The van der Waals surface area contributed by atoms with Crippen molar-refractivity contribution in [1.82, 2.24) is 29.5 Å². The minimum absolute atomic E-state index is 0.0340. The zero-order chi connectivity index (χ0) is 27.4. The fraction of sp³-hybridized carbons (Fsp3) is 0.519. The molecule has 2 N–H and O–H groups in total. The minimum atomic E-state index is -1.13. The van der Waals surface area contributed by atoms with Crippen molar-refractivity contribution >= 4 is 6.09 Å². The summed E-state index contributed by atoms with van der Waals surface area (Å²) in [5.74, 6) is -0.384. The number of aryl methyl sites for hydroxylation is 1. The number of fused-ring (bicyclic) bond motifs is 1. The van der Waals surface area contributed by atoms with Crippen LogP contribution in [0.25, 0.3) is 11.5 Å². The van der Waals surface area contributed by atoms with Gasteiger partial charge in [0.25, 0.3) is 0 Å². The summed E-state index contributed by atoms with van der Waals surface area (Å²) >= 11 is 0. The molecule has 5 rings (SSSR count). The van der Waals surface area contributed by atoms with E-state index in [2.05, 4.69) is 26.6 Å². The van der Waals surface area contributed by atoms with Gasteiger partial charge >= 0.3 is 6.09 Å². The Morgan fingerprint density at radius 1 is 1.26 bits per heavy atom. The molecule has 38 heavy (non-hydrogen) atoms. The summed E-state index contributed by atoms with van der Waals surface area (Å²) in [4.78, 5) is 20.9. The molecular weight excluding hydrogens is 494 g/mol. The molecule has 1 fully saturated rings. The zero-order valence-electron chi connectivity index (χ0n) is 22.3. The highest BCUT2D eigenvalue weighted by Gasteiger charge is 2.46. The van der Waals surface area contributed by atoms with Crippen LogP contribution in [-0.4, -0.2) is 65.0 Å². The van der Waals surface area contributed by atoms with Gasteiger partial charge in [-0.05, 0) is 65.3 Å². The van der Waals surface area contributed by atoms with Crippen molar-refractivity contribution < 1.29 is 23.4 Å². The van der Waals surface area contributed by atoms with Gasteiger partial charge in [0.1, 0.15) is 23.4 Å². The Labute approximate surface area is 220 Å². The van der Waals surface area contributed by atoms with Crippen molar-refractivity contribution in [3.8, 4) is 11.5 Å². The Morgan fingerprint density at radius 2 is 2.03 bits per heavy atom. The second kappa shape index (κ2) is 9.77. The molecule has 11 heteroatoms. The maximum absolute atomic E-state index is 14.8. The summed E-state index contributed by atoms with van der Waals surface area (Å²) in [6.45, 7) is 11.6. The smallest absolute Gasteiger partial charge is 0.408 e. The molecule has 204 valence electrons. The van der Waals surface area contributed by atoms with Crippen molar-refractivity contribution in [3.63, 3.8) is 0 Å². The van der Waals surface area contributed by atoms with Crippen LogP contribution >= 0.6 is 0 Å². The maximum atomic E-state index is 14.8. The molecule has 0 spiro atoms. The van der Waals surface area contributed by atoms with E-state index >= 15 is 0 Å². The Morgan fingerprint density at radius 3 is 2.66 bits per heavy atom. The van der Waals surface area contributed by atoms with Crippen molar-refractivity contribution in [3.05, 3.63) is 58.5 Å². The Balaban J connectivity index is 1.44. The number of amides is 1. The number of hydrogen-bond acceptors (Lipinski definition) is 5. The average molecular weight is 529 g/mol. The maximum Gasteiger partial charge on any atom is 0.408 e. The molecule has 3 aromatic rings. The van der Waals surface area contributed by atoms with E-state index < -0.39 is 35.4 Å². The van der Waals surface area contributed by atoms with E-state index in [0.717, 1.165) is 53.3 Å². The third-order valence-corrected chi connectivity index (χ3v) is 7.49. The van der Waals surface area contributed by atoms with Crippen LogP contribution < -0.4 is 0 Å². The number of rotatable bonds is 5. The largest absolute Gasteiger partial charge is 0.465 e. The first-order valence-electron chi connectivity index (χ1n) is 12.9. The Hall–Kier alpha value is -3.31. The van der Waals surface area contributed by atoms with Gasteiger partial charge in [-0.25, -0.2) is 18.6 Å². The average Bonchev–Trinajstić information content (AvgIpc) is 3.53. The van der Waals surface area contributed by atoms with E-state index in [-0.39, 0.29) is 18.2 Å². The third-order valence-electron chi connectivity index (χ3n) is 7.49. The molecule has 0 radical (unpaired) electrons. The normalized spacial score (nSPS) is 22.0. The molecule has 0 aliphatic carbocycles. The van der Waals surface area contributed by atoms with Crippen molar-refractivity contribution in [2.75, 3.05) is 6.61 Å². The lowest BCUT2D eigenvalue weighted by Gasteiger charge is -2.48. The monoisotopic (exact) mass is 528 g/mol. The molecule has 2 aromatic heterocycles. The van der Waals surface area contributed by atoms with E-state index in [1.54, 1.807) is 20.8 Å². The van der Waals surface area contributed by atoms with Crippen LogP contribution in [0.2, 0.25) is 0 Å². The number of hydrogen-bond donors (Lipinski definition) is 2. The van der Waals surface area contributed by atoms with Gasteiger partial charge < -0.3 is 14.4 Å². The van der Waals surface area contributed by atoms with E-state index in [4.69, 9.17) is 9.72 Å². The summed E-state index contributed by atoms with van der Waals surface area (Å²) in [5.41, 5.74) is 3.07. The second-order valence-corrected chi connectivity index (χ2v) is 11.1.